The number of halogens is 1. The van der Waals surface area contributed by atoms with Gasteiger partial charge in [0.05, 0.1) is 17.5 Å². The van der Waals surface area contributed by atoms with Crippen LogP contribution in [0, 0.1) is 5.82 Å². The summed E-state index contributed by atoms with van der Waals surface area (Å²) in [5, 5.41) is 14.0. The molecule has 1 unspecified atom stereocenters. The quantitative estimate of drug-likeness (QED) is 0.353. The average Bonchev–Trinajstić information content (AvgIpc) is 2.86. The number of dihydropyridines is 1. The third-order valence-electron chi connectivity index (χ3n) is 5.74. The third kappa shape index (κ3) is 5.95. The van der Waals surface area contributed by atoms with Crippen molar-refractivity contribution in [1.82, 2.24) is 15.6 Å². The van der Waals surface area contributed by atoms with E-state index in [1.807, 2.05) is 30.4 Å². The maximum atomic E-state index is 14.8. The highest BCUT2D eigenvalue weighted by atomic mass is 19.1. The summed E-state index contributed by atoms with van der Waals surface area (Å²) in [4.78, 5) is 19.5. The van der Waals surface area contributed by atoms with Crippen molar-refractivity contribution in [2.75, 3.05) is 11.4 Å². The molecule has 1 aromatic carbocycles. The van der Waals surface area contributed by atoms with Crippen molar-refractivity contribution in [2.45, 2.75) is 45.3 Å². The van der Waals surface area contributed by atoms with Crippen LogP contribution in [0.2, 0.25) is 0 Å². The van der Waals surface area contributed by atoms with E-state index in [-0.39, 0.29) is 5.56 Å². The molecule has 0 spiro atoms. The summed E-state index contributed by atoms with van der Waals surface area (Å²) in [7, 11) is 0. The van der Waals surface area contributed by atoms with Crippen molar-refractivity contribution in [3.8, 4) is 0 Å². The van der Waals surface area contributed by atoms with Gasteiger partial charge in [0.15, 0.2) is 0 Å². The first-order chi connectivity index (χ1) is 16.6. The maximum absolute atomic E-state index is 14.8. The van der Waals surface area contributed by atoms with Gasteiger partial charge in [0.2, 0.25) is 0 Å². The Bertz CT molecular complexity index is 1130. The molecule has 0 radical (unpaired) electrons. The number of hydrogen-bond acceptors (Lipinski definition) is 6. The zero-order chi connectivity index (χ0) is 23.8. The van der Waals surface area contributed by atoms with Crippen molar-refractivity contribution in [3.05, 3.63) is 83.0 Å². The molecule has 3 heterocycles. The highest BCUT2D eigenvalue weighted by Gasteiger charge is 2.23. The Labute approximate surface area is 199 Å². The molecule has 176 valence electrons. The number of benzene rings is 1. The summed E-state index contributed by atoms with van der Waals surface area (Å²) in [6, 6.07) is 8.91. The van der Waals surface area contributed by atoms with Gasteiger partial charge in [0.1, 0.15) is 17.8 Å². The molecule has 2 aliphatic heterocycles. The molecule has 34 heavy (non-hydrogen) atoms. The number of carbonyl (C=O) groups is 1. The molecular formula is C26H29FN6O. The second kappa shape index (κ2) is 11.4. The Morgan fingerprint density at radius 2 is 2.24 bits per heavy atom. The minimum Gasteiger partial charge on any atom is -0.361 e. The number of nitrogens with one attached hydrogen (secondary N) is 2. The van der Waals surface area contributed by atoms with Gasteiger partial charge in [-0.15, -0.1) is 0 Å². The normalized spacial score (nSPS) is 17.5. The van der Waals surface area contributed by atoms with Crippen LogP contribution in [-0.2, 0) is 13.0 Å². The van der Waals surface area contributed by atoms with Crippen LogP contribution < -0.4 is 15.5 Å². The minimum atomic E-state index is -0.513. The lowest BCUT2D eigenvalue weighted by Gasteiger charge is -2.30. The van der Waals surface area contributed by atoms with Crippen LogP contribution in [0.25, 0.3) is 0 Å². The summed E-state index contributed by atoms with van der Waals surface area (Å²) in [6.45, 7) is 3.46. The maximum Gasteiger partial charge on any atom is 0.256 e. The summed E-state index contributed by atoms with van der Waals surface area (Å²) < 4.78 is 14.8. The van der Waals surface area contributed by atoms with E-state index in [0.29, 0.717) is 18.7 Å². The molecule has 7 nitrogen and oxygen atoms in total. The monoisotopic (exact) mass is 460 g/mol. The molecule has 8 heteroatoms. The SMILES string of the molecule is CCCCC=NN=CC1=CC=CC(NC(=O)c2cc3c(cc2F)CCN(c2ccccn2)C3)N1. The van der Waals surface area contributed by atoms with E-state index in [9.17, 15) is 9.18 Å². The van der Waals surface area contributed by atoms with Gasteiger partial charge in [-0.2, -0.15) is 10.2 Å². The van der Waals surface area contributed by atoms with E-state index < -0.39 is 17.9 Å². The fraction of sp³-hybridized carbons (Fsp3) is 0.308. The number of pyridine rings is 1. The number of amides is 1. The second-order valence-electron chi connectivity index (χ2n) is 8.25. The van der Waals surface area contributed by atoms with Crippen LogP contribution in [0.5, 0.6) is 0 Å². The number of hydrogen-bond donors (Lipinski definition) is 2. The molecule has 2 aromatic rings. The Balaban J connectivity index is 1.39. The first-order valence-corrected chi connectivity index (χ1v) is 11.6. The number of anilines is 1. The standard InChI is InChI=1S/C26H29FN6O/c1-2-3-5-13-29-30-17-21-8-7-9-24(31-21)32-26(34)22-15-20-18-33(25-10-4-6-12-28-25)14-11-19(20)16-23(22)27/h4,6-10,12-13,15-17,24,31H,2-3,5,11,14,18H2,1H3,(H,32,34). The fourth-order valence-corrected chi connectivity index (χ4v) is 3.92. The van der Waals surface area contributed by atoms with Crippen LogP contribution in [0.1, 0.15) is 47.7 Å². The van der Waals surface area contributed by atoms with E-state index in [4.69, 9.17) is 0 Å². The van der Waals surface area contributed by atoms with Gasteiger partial charge in [-0.3, -0.25) is 4.79 Å². The van der Waals surface area contributed by atoms with E-state index in [1.165, 1.54) is 6.07 Å². The van der Waals surface area contributed by atoms with Gasteiger partial charge in [0, 0.05) is 25.5 Å². The fourth-order valence-electron chi connectivity index (χ4n) is 3.92. The van der Waals surface area contributed by atoms with E-state index in [2.05, 4.69) is 37.6 Å². The van der Waals surface area contributed by atoms with Crippen molar-refractivity contribution < 1.29 is 9.18 Å². The zero-order valence-corrected chi connectivity index (χ0v) is 19.2. The van der Waals surface area contributed by atoms with Gasteiger partial charge < -0.3 is 15.5 Å². The van der Waals surface area contributed by atoms with Gasteiger partial charge >= 0.3 is 0 Å². The number of unbranched alkanes of at least 4 members (excludes halogenated alkanes) is 2. The van der Waals surface area contributed by atoms with Crippen LogP contribution in [0.3, 0.4) is 0 Å². The largest absolute Gasteiger partial charge is 0.361 e. The smallest absolute Gasteiger partial charge is 0.256 e. The number of allylic oxidation sites excluding steroid dienone is 3. The van der Waals surface area contributed by atoms with Crippen molar-refractivity contribution in [3.63, 3.8) is 0 Å². The number of aromatic nitrogens is 1. The van der Waals surface area contributed by atoms with E-state index >= 15 is 0 Å². The molecule has 0 bridgehead atoms. The Kier molecular flexibility index (Phi) is 7.80. The number of rotatable bonds is 8. The first kappa shape index (κ1) is 23.4. The topological polar surface area (TPSA) is 82.0 Å². The molecule has 0 saturated heterocycles. The molecule has 2 aliphatic rings. The molecular weight excluding hydrogens is 431 g/mol. The summed E-state index contributed by atoms with van der Waals surface area (Å²) in [5.41, 5.74) is 2.60. The number of nitrogens with zero attached hydrogens (tertiary/aromatic N) is 4. The van der Waals surface area contributed by atoms with Gasteiger partial charge in [-0.1, -0.05) is 25.5 Å². The molecule has 4 rings (SSSR count). The summed E-state index contributed by atoms with van der Waals surface area (Å²) in [5.74, 6) is -0.120. The van der Waals surface area contributed by atoms with E-state index in [0.717, 1.165) is 42.8 Å². The molecule has 0 fully saturated rings. The van der Waals surface area contributed by atoms with Crippen LogP contribution >= 0.6 is 0 Å². The second-order valence-corrected chi connectivity index (χ2v) is 8.25. The zero-order valence-electron chi connectivity index (χ0n) is 19.2. The van der Waals surface area contributed by atoms with Crippen molar-refractivity contribution in [1.29, 1.82) is 0 Å². The van der Waals surface area contributed by atoms with Crippen LogP contribution in [0.4, 0.5) is 10.2 Å². The van der Waals surface area contributed by atoms with Gasteiger partial charge in [-0.05, 0) is 66.8 Å². The predicted octanol–water partition coefficient (Wildman–Crippen LogP) is 4.13. The Morgan fingerprint density at radius 1 is 1.32 bits per heavy atom. The third-order valence-corrected chi connectivity index (χ3v) is 5.74. The molecule has 1 atom stereocenters. The molecule has 2 N–H and O–H groups in total. The molecule has 0 aliphatic carbocycles. The number of fused-ring (bicyclic) bond motifs is 1. The van der Waals surface area contributed by atoms with E-state index in [1.54, 1.807) is 30.8 Å². The van der Waals surface area contributed by atoms with Crippen LogP contribution in [-0.4, -0.2) is 36.0 Å². The summed E-state index contributed by atoms with van der Waals surface area (Å²) in [6.07, 6.45) is 13.9. The van der Waals surface area contributed by atoms with Gasteiger partial charge in [0.25, 0.3) is 5.91 Å². The van der Waals surface area contributed by atoms with Crippen molar-refractivity contribution in [2.24, 2.45) is 10.2 Å². The Morgan fingerprint density at radius 3 is 3.06 bits per heavy atom. The average molecular weight is 461 g/mol. The minimum absolute atomic E-state index is 0.0297. The lowest BCUT2D eigenvalue weighted by atomic mass is 9.96. The molecule has 1 amide bonds. The summed E-state index contributed by atoms with van der Waals surface area (Å²) >= 11 is 0. The lowest BCUT2D eigenvalue weighted by molar-refractivity contribution is 0.0936. The predicted molar refractivity (Wildman–Crippen MR) is 134 cm³/mol. The van der Waals surface area contributed by atoms with Gasteiger partial charge in [-0.25, -0.2) is 9.37 Å². The van der Waals surface area contributed by atoms with Crippen LogP contribution in [0.15, 0.2) is 70.7 Å². The lowest BCUT2D eigenvalue weighted by Crippen LogP contribution is -2.45. The molecule has 1 aromatic heterocycles. The first-order valence-electron chi connectivity index (χ1n) is 11.6. The highest BCUT2D eigenvalue weighted by molar-refractivity contribution is 5.95. The highest BCUT2D eigenvalue weighted by Crippen LogP contribution is 2.25. The Hall–Kier alpha value is -3.81. The number of carbonyl (C=O) groups excluding carboxylic acids is 1. The molecule has 0 saturated carbocycles. The van der Waals surface area contributed by atoms with Crippen molar-refractivity contribution >= 4 is 24.2 Å².